The molecule has 0 bridgehead atoms. The average Bonchev–Trinajstić information content (AvgIpc) is 2.70. The average molecular weight is 363 g/mol. The summed E-state index contributed by atoms with van der Waals surface area (Å²) in [6, 6.07) is 14.4. The second kappa shape index (κ2) is 7.45. The zero-order chi connectivity index (χ0) is 18.8. The van der Waals surface area contributed by atoms with Crippen LogP contribution in [0.2, 0.25) is 0 Å². The summed E-state index contributed by atoms with van der Waals surface area (Å²) in [4.78, 5) is 4.39. The first-order chi connectivity index (χ1) is 13.2. The van der Waals surface area contributed by atoms with Crippen LogP contribution in [0.3, 0.4) is 0 Å². The summed E-state index contributed by atoms with van der Waals surface area (Å²) in [5.41, 5.74) is 14.3. The minimum atomic E-state index is 0.186. The lowest BCUT2D eigenvalue weighted by Gasteiger charge is -2.27. The molecule has 0 amide bonds. The van der Waals surface area contributed by atoms with Crippen LogP contribution in [0.4, 0.5) is 5.82 Å². The van der Waals surface area contributed by atoms with Crippen LogP contribution in [0.5, 0.6) is 11.5 Å². The Bertz CT molecular complexity index is 935. The van der Waals surface area contributed by atoms with E-state index in [1.165, 1.54) is 0 Å². The predicted molar refractivity (Wildman–Crippen MR) is 109 cm³/mol. The molecule has 27 heavy (non-hydrogen) atoms. The van der Waals surface area contributed by atoms with E-state index in [0.29, 0.717) is 17.6 Å². The number of nitrogens with zero attached hydrogens (tertiary/aromatic N) is 1. The minimum absolute atomic E-state index is 0.186. The molecular formula is C22H25N3O2. The van der Waals surface area contributed by atoms with Crippen LogP contribution in [0.25, 0.3) is 21.9 Å². The highest BCUT2D eigenvalue weighted by Gasteiger charge is 2.21. The lowest BCUT2D eigenvalue weighted by molar-refractivity contribution is 0.147. The van der Waals surface area contributed by atoms with Crippen LogP contribution in [0, 0.1) is 0 Å². The van der Waals surface area contributed by atoms with Gasteiger partial charge in [0.05, 0.1) is 18.6 Å². The molecule has 5 nitrogen and oxygen atoms in total. The number of pyridine rings is 1. The van der Waals surface area contributed by atoms with E-state index in [1.54, 1.807) is 7.11 Å². The predicted octanol–water partition coefficient (Wildman–Crippen LogP) is 4.14. The number of ether oxygens (including phenoxy) is 2. The van der Waals surface area contributed by atoms with E-state index in [2.05, 4.69) is 17.1 Å². The quantitative estimate of drug-likeness (QED) is 0.728. The molecule has 1 saturated carbocycles. The maximum absolute atomic E-state index is 6.29. The van der Waals surface area contributed by atoms with Crippen molar-refractivity contribution in [3.05, 3.63) is 48.7 Å². The fourth-order valence-corrected chi connectivity index (χ4v) is 3.81. The zero-order valence-corrected chi connectivity index (χ0v) is 15.5. The molecule has 0 saturated heterocycles. The highest BCUT2D eigenvalue weighted by Crippen LogP contribution is 2.40. The van der Waals surface area contributed by atoms with Gasteiger partial charge in [-0.3, -0.25) is 0 Å². The van der Waals surface area contributed by atoms with Gasteiger partial charge in [-0.25, -0.2) is 4.98 Å². The molecule has 0 radical (unpaired) electrons. The maximum Gasteiger partial charge on any atom is 0.135 e. The number of methoxy groups -OCH3 is 1. The van der Waals surface area contributed by atoms with E-state index in [0.717, 1.165) is 53.3 Å². The third kappa shape index (κ3) is 3.55. The number of nitrogens with two attached hydrogens (primary N) is 2. The number of aromatic nitrogens is 1. The molecule has 1 aliphatic rings. The zero-order valence-electron chi connectivity index (χ0n) is 15.5. The fraction of sp³-hybridized carbons (Fsp3) is 0.318. The van der Waals surface area contributed by atoms with Crippen LogP contribution < -0.4 is 20.9 Å². The number of anilines is 1. The second-order valence-corrected chi connectivity index (χ2v) is 7.13. The molecule has 0 spiro atoms. The molecule has 2 aromatic carbocycles. The molecular weight excluding hydrogens is 338 g/mol. The molecule has 5 heteroatoms. The van der Waals surface area contributed by atoms with Gasteiger partial charge in [-0.2, -0.15) is 0 Å². The Balaban J connectivity index is 1.80. The van der Waals surface area contributed by atoms with Crippen LogP contribution in [0.15, 0.2) is 48.7 Å². The van der Waals surface area contributed by atoms with Crippen molar-refractivity contribution in [2.75, 3.05) is 12.8 Å². The van der Waals surface area contributed by atoms with E-state index in [1.807, 2.05) is 36.5 Å². The molecule has 1 aliphatic carbocycles. The minimum Gasteiger partial charge on any atom is -0.496 e. The van der Waals surface area contributed by atoms with Crippen molar-refractivity contribution in [2.45, 2.75) is 37.8 Å². The second-order valence-electron chi connectivity index (χ2n) is 7.13. The van der Waals surface area contributed by atoms with Crippen molar-refractivity contribution in [1.29, 1.82) is 0 Å². The summed E-state index contributed by atoms with van der Waals surface area (Å²) in [7, 11) is 1.65. The Hall–Kier alpha value is -2.79. The van der Waals surface area contributed by atoms with Crippen molar-refractivity contribution in [1.82, 2.24) is 4.98 Å². The first-order valence-corrected chi connectivity index (χ1v) is 9.39. The van der Waals surface area contributed by atoms with Gasteiger partial charge in [0.25, 0.3) is 0 Å². The molecule has 1 aromatic heterocycles. The molecule has 1 fully saturated rings. The van der Waals surface area contributed by atoms with Crippen molar-refractivity contribution in [2.24, 2.45) is 5.73 Å². The summed E-state index contributed by atoms with van der Waals surface area (Å²) in [6.07, 6.45) is 5.96. The van der Waals surface area contributed by atoms with E-state index in [-0.39, 0.29) is 6.10 Å². The fourth-order valence-electron chi connectivity index (χ4n) is 3.81. The van der Waals surface area contributed by atoms with E-state index < -0.39 is 0 Å². The van der Waals surface area contributed by atoms with Crippen molar-refractivity contribution < 1.29 is 9.47 Å². The summed E-state index contributed by atoms with van der Waals surface area (Å²) >= 11 is 0. The topological polar surface area (TPSA) is 83.4 Å². The summed E-state index contributed by atoms with van der Waals surface area (Å²) < 4.78 is 11.9. The first kappa shape index (κ1) is 17.6. The van der Waals surface area contributed by atoms with E-state index in [4.69, 9.17) is 20.9 Å². The van der Waals surface area contributed by atoms with Gasteiger partial charge in [-0.1, -0.05) is 30.3 Å². The standard InChI is InChI=1S/C22H25N3O2/c1-26-20-12-17(27-16-9-7-15(23)8-10-16)11-18-19(13-25-22(24)21(18)20)14-5-3-2-4-6-14/h2-6,11-13,15-16H,7-10,23H2,1H3,(H2,24,25)/t15-,16-. The summed E-state index contributed by atoms with van der Waals surface area (Å²) in [6.45, 7) is 0. The Morgan fingerprint density at radius 1 is 1.04 bits per heavy atom. The van der Waals surface area contributed by atoms with Gasteiger partial charge in [-0.15, -0.1) is 0 Å². The van der Waals surface area contributed by atoms with Crippen LogP contribution in [-0.4, -0.2) is 24.2 Å². The highest BCUT2D eigenvalue weighted by molar-refractivity contribution is 6.05. The Morgan fingerprint density at radius 3 is 2.48 bits per heavy atom. The van der Waals surface area contributed by atoms with Crippen molar-refractivity contribution in [3.8, 4) is 22.6 Å². The molecule has 0 aliphatic heterocycles. The third-order valence-electron chi connectivity index (χ3n) is 5.28. The van der Waals surface area contributed by atoms with Gasteiger partial charge in [0.1, 0.15) is 17.3 Å². The van der Waals surface area contributed by atoms with Gasteiger partial charge in [0, 0.05) is 29.3 Å². The highest BCUT2D eigenvalue weighted by atomic mass is 16.5. The molecule has 140 valence electrons. The molecule has 4 rings (SSSR count). The SMILES string of the molecule is COc1cc(O[C@H]2CC[C@H](N)CC2)cc2c(-c3ccccc3)cnc(N)c12. The molecule has 4 N–H and O–H groups in total. The normalized spacial score (nSPS) is 19.8. The number of hydrogen-bond acceptors (Lipinski definition) is 5. The van der Waals surface area contributed by atoms with E-state index >= 15 is 0 Å². The monoisotopic (exact) mass is 363 g/mol. The Morgan fingerprint density at radius 2 is 1.78 bits per heavy atom. The third-order valence-corrected chi connectivity index (χ3v) is 5.28. The van der Waals surface area contributed by atoms with E-state index in [9.17, 15) is 0 Å². The Kier molecular flexibility index (Phi) is 4.86. The molecule has 1 heterocycles. The smallest absolute Gasteiger partial charge is 0.135 e. The lowest BCUT2D eigenvalue weighted by atomic mass is 9.93. The first-order valence-electron chi connectivity index (χ1n) is 9.39. The number of benzene rings is 2. The number of hydrogen-bond donors (Lipinski definition) is 2. The van der Waals surface area contributed by atoms with Crippen molar-refractivity contribution >= 4 is 16.6 Å². The van der Waals surface area contributed by atoms with Gasteiger partial charge in [0.15, 0.2) is 0 Å². The molecule has 3 aromatic rings. The van der Waals surface area contributed by atoms with Gasteiger partial charge >= 0.3 is 0 Å². The summed E-state index contributed by atoms with van der Waals surface area (Å²) in [5.74, 6) is 1.93. The maximum atomic E-state index is 6.29. The number of fused-ring (bicyclic) bond motifs is 1. The molecule has 0 unspecified atom stereocenters. The van der Waals surface area contributed by atoms with Crippen molar-refractivity contribution in [3.63, 3.8) is 0 Å². The largest absolute Gasteiger partial charge is 0.496 e. The Labute approximate surface area is 159 Å². The van der Waals surface area contributed by atoms with Gasteiger partial charge in [0.2, 0.25) is 0 Å². The molecule has 0 atom stereocenters. The van der Waals surface area contributed by atoms with Crippen LogP contribution >= 0.6 is 0 Å². The summed E-state index contributed by atoms with van der Waals surface area (Å²) in [5, 5.41) is 1.80. The van der Waals surface area contributed by atoms with Gasteiger partial charge < -0.3 is 20.9 Å². The number of rotatable bonds is 4. The van der Waals surface area contributed by atoms with Crippen LogP contribution in [-0.2, 0) is 0 Å². The van der Waals surface area contributed by atoms with Gasteiger partial charge in [-0.05, 0) is 37.3 Å². The lowest BCUT2D eigenvalue weighted by Crippen LogP contribution is -2.31. The number of nitrogen functional groups attached to an aromatic ring is 1. The van der Waals surface area contributed by atoms with Crippen LogP contribution in [0.1, 0.15) is 25.7 Å².